The van der Waals surface area contributed by atoms with Crippen LogP contribution in [0.15, 0.2) is 71.8 Å². The second-order valence-corrected chi connectivity index (χ2v) is 9.19. The zero-order chi connectivity index (χ0) is 23.0. The Morgan fingerprint density at radius 1 is 0.645 bits per heavy atom. The van der Waals surface area contributed by atoms with Crippen molar-refractivity contribution in [1.82, 2.24) is 0 Å². The van der Waals surface area contributed by atoms with Gasteiger partial charge in [0.05, 0.1) is 0 Å². The lowest BCUT2D eigenvalue weighted by molar-refractivity contribution is -0.115. The largest absolute Gasteiger partial charge is 0.295 e. The molecule has 2 rings (SSSR count). The van der Waals surface area contributed by atoms with Gasteiger partial charge in [-0.2, -0.15) is 0 Å². The third kappa shape index (κ3) is 7.17. The van der Waals surface area contributed by atoms with Crippen molar-refractivity contribution in [3.8, 4) is 0 Å². The second kappa shape index (κ2) is 11.0. The van der Waals surface area contributed by atoms with Gasteiger partial charge in [-0.15, -0.1) is 0 Å². The molecule has 0 radical (unpaired) electrons. The third-order valence-corrected chi connectivity index (χ3v) is 5.70. The zero-order valence-corrected chi connectivity index (χ0v) is 19.9. The van der Waals surface area contributed by atoms with E-state index < -0.39 is 5.41 Å². The smallest absolute Gasteiger partial charge is 0.155 e. The van der Waals surface area contributed by atoms with Gasteiger partial charge in [0.1, 0.15) is 0 Å². The predicted octanol–water partition coefficient (Wildman–Crippen LogP) is 7.22. The van der Waals surface area contributed by atoms with E-state index in [4.69, 9.17) is 0 Å². The van der Waals surface area contributed by atoms with Gasteiger partial charge < -0.3 is 0 Å². The first kappa shape index (κ1) is 24.5. The van der Waals surface area contributed by atoms with E-state index >= 15 is 0 Å². The maximum Gasteiger partial charge on any atom is 0.155 e. The van der Waals surface area contributed by atoms with Crippen molar-refractivity contribution < 1.29 is 9.59 Å². The Kier molecular flexibility index (Phi) is 8.74. The topological polar surface area (TPSA) is 34.1 Å². The van der Waals surface area contributed by atoms with Crippen LogP contribution in [0.3, 0.4) is 0 Å². The van der Waals surface area contributed by atoms with E-state index in [1.54, 1.807) is 12.2 Å². The fourth-order valence-corrected chi connectivity index (χ4v) is 4.08. The van der Waals surface area contributed by atoms with Crippen LogP contribution >= 0.6 is 0 Å². The molecule has 0 heterocycles. The lowest BCUT2D eigenvalue weighted by Gasteiger charge is -2.35. The van der Waals surface area contributed by atoms with Crippen LogP contribution in [0.1, 0.15) is 75.6 Å². The molecule has 0 aliphatic rings. The molecule has 0 aliphatic heterocycles. The highest BCUT2D eigenvalue weighted by atomic mass is 16.1. The van der Waals surface area contributed by atoms with Crippen molar-refractivity contribution in [3.63, 3.8) is 0 Å². The maximum atomic E-state index is 12.6. The van der Waals surface area contributed by atoms with E-state index in [2.05, 4.69) is 62.4 Å². The number of benzene rings is 2. The Hall–Kier alpha value is -2.74. The fraction of sp³-hybridized carbons (Fsp3) is 0.379. The summed E-state index contributed by atoms with van der Waals surface area (Å²) >= 11 is 0. The number of carbonyl (C=O) groups excluding carboxylic acids is 2. The Bertz CT molecular complexity index is 867. The molecule has 0 fully saturated rings. The number of carbonyl (C=O) groups is 2. The molecule has 0 bridgehead atoms. The molecule has 0 spiro atoms. The van der Waals surface area contributed by atoms with Crippen LogP contribution in [0.5, 0.6) is 0 Å². The summed E-state index contributed by atoms with van der Waals surface area (Å²) in [5.74, 6) is 0.276. The lowest BCUT2D eigenvalue weighted by atomic mass is 9.67. The van der Waals surface area contributed by atoms with Gasteiger partial charge in [-0.25, -0.2) is 0 Å². The molecular formula is C29H36O2. The molecule has 0 saturated carbocycles. The first-order valence-corrected chi connectivity index (χ1v) is 11.1. The molecule has 2 nitrogen and oxygen atoms in total. The average molecular weight is 417 g/mol. The highest BCUT2D eigenvalue weighted by Gasteiger charge is 2.34. The van der Waals surface area contributed by atoms with Crippen molar-refractivity contribution in [2.24, 2.45) is 0 Å². The molecule has 0 aromatic heterocycles. The van der Waals surface area contributed by atoms with Gasteiger partial charge in [0.2, 0.25) is 0 Å². The highest BCUT2D eigenvalue weighted by molar-refractivity contribution is 5.91. The van der Waals surface area contributed by atoms with E-state index in [1.165, 1.54) is 11.1 Å². The molecule has 2 heteroatoms. The van der Waals surface area contributed by atoms with Gasteiger partial charge in [0, 0.05) is 18.3 Å². The summed E-state index contributed by atoms with van der Waals surface area (Å²) in [5, 5.41) is 0. The molecule has 164 valence electrons. The van der Waals surface area contributed by atoms with E-state index in [9.17, 15) is 9.59 Å². The SMILES string of the molecule is CC(C)=CC(=O)CCC(CCC(=O)C=C(C)C)(c1ccc(C)cc1)c1ccc(C)cc1. The van der Waals surface area contributed by atoms with Crippen LogP contribution in [0.4, 0.5) is 0 Å². The molecule has 2 aromatic rings. The van der Waals surface area contributed by atoms with Crippen LogP contribution in [-0.2, 0) is 15.0 Å². The Labute approximate surface area is 188 Å². The molecule has 0 aliphatic carbocycles. The van der Waals surface area contributed by atoms with E-state index in [1.807, 2.05) is 27.7 Å². The van der Waals surface area contributed by atoms with E-state index in [-0.39, 0.29) is 11.6 Å². The first-order valence-electron chi connectivity index (χ1n) is 11.1. The monoisotopic (exact) mass is 416 g/mol. The first-order chi connectivity index (χ1) is 14.6. The van der Waals surface area contributed by atoms with Crippen molar-refractivity contribution in [3.05, 3.63) is 94.1 Å². The van der Waals surface area contributed by atoms with E-state index in [0.717, 1.165) is 22.3 Å². The summed E-state index contributed by atoms with van der Waals surface area (Å²) in [5.41, 5.74) is 6.36. The molecule has 2 aromatic carbocycles. The maximum absolute atomic E-state index is 12.6. The molecule has 0 amide bonds. The van der Waals surface area contributed by atoms with Gasteiger partial charge in [0.15, 0.2) is 11.6 Å². The number of hydrogen-bond acceptors (Lipinski definition) is 2. The van der Waals surface area contributed by atoms with Crippen LogP contribution < -0.4 is 0 Å². The summed E-state index contributed by atoms with van der Waals surface area (Å²) in [7, 11) is 0. The standard InChI is InChI=1S/C29H36O2/c1-21(2)19-27(30)15-17-29(18-16-28(31)20-22(3)4,25-11-7-23(5)8-12-25)26-13-9-24(6)10-14-26/h7-14,19-20H,15-18H2,1-6H3. The van der Waals surface area contributed by atoms with Gasteiger partial charge in [-0.05, 0) is 77.7 Å². The number of ketones is 2. The van der Waals surface area contributed by atoms with Gasteiger partial charge in [-0.1, -0.05) is 70.8 Å². The van der Waals surface area contributed by atoms with Crippen LogP contribution in [-0.4, -0.2) is 11.6 Å². The lowest BCUT2D eigenvalue weighted by Crippen LogP contribution is -2.29. The molecule has 31 heavy (non-hydrogen) atoms. The minimum atomic E-state index is -0.391. The minimum Gasteiger partial charge on any atom is -0.295 e. The molecule has 0 unspecified atom stereocenters. The number of rotatable bonds is 10. The minimum absolute atomic E-state index is 0.138. The number of allylic oxidation sites excluding steroid dienone is 4. The Morgan fingerprint density at radius 3 is 1.26 bits per heavy atom. The van der Waals surface area contributed by atoms with Crippen molar-refractivity contribution >= 4 is 11.6 Å². The van der Waals surface area contributed by atoms with Gasteiger partial charge in [-0.3, -0.25) is 9.59 Å². The molecule has 0 atom stereocenters. The van der Waals surface area contributed by atoms with Crippen molar-refractivity contribution in [2.45, 2.75) is 72.6 Å². The predicted molar refractivity (Wildman–Crippen MR) is 130 cm³/mol. The van der Waals surface area contributed by atoms with Gasteiger partial charge in [0.25, 0.3) is 0 Å². The van der Waals surface area contributed by atoms with Crippen LogP contribution in [0.25, 0.3) is 0 Å². The summed E-state index contributed by atoms with van der Waals surface area (Å²) < 4.78 is 0. The van der Waals surface area contributed by atoms with Crippen molar-refractivity contribution in [1.29, 1.82) is 0 Å². The third-order valence-electron chi connectivity index (χ3n) is 5.70. The van der Waals surface area contributed by atoms with E-state index in [0.29, 0.717) is 25.7 Å². The molecule has 0 N–H and O–H groups in total. The van der Waals surface area contributed by atoms with Crippen molar-refractivity contribution in [2.75, 3.05) is 0 Å². The quantitative estimate of drug-likeness (QED) is 0.383. The Balaban J connectivity index is 2.55. The average Bonchev–Trinajstić information content (AvgIpc) is 2.69. The normalized spacial score (nSPS) is 11.0. The summed E-state index contributed by atoms with van der Waals surface area (Å²) in [6.07, 6.45) is 5.69. The number of aryl methyl sites for hydroxylation is 2. The van der Waals surface area contributed by atoms with Gasteiger partial charge >= 0.3 is 0 Å². The summed E-state index contributed by atoms with van der Waals surface area (Å²) in [6, 6.07) is 17.1. The summed E-state index contributed by atoms with van der Waals surface area (Å²) in [4.78, 5) is 25.2. The summed E-state index contributed by atoms with van der Waals surface area (Å²) in [6.45, 7) is 11.9. The van der Waals surface area contributed by atoms with Crippen LogP contribution in [0.2, 0.25) is 0 Å². The molecular weight excluding hydrogens is 380 g/mol. The second-order valence-electron chi connectivity index (χ2n) is 9.19. The molecule has 0 saturated heterocycles. The van der Waals surface area contributed by atoms with Crippen LogP contribution in [0, 0.1) is 13.8 Å². The number of hydrogen-bond donors (Lipinski definition) is 0. The fourth-order valence-electron chi connectivity index (χ4n) is 4.08. The zero-order valence-electron chi connectivity index (χ0n) is 19.9. The Morgan fingerprint density at radius 2 is 0.968 bits per heavy atom. The highest BCUT2D eigenvalue weighted by Crippen LogP contribution is 2.41.